The van der Waals surface area contributed by atoms with E-state index in [-0.39, 0.29) is 0 Å². The van der Waals surface area contributed by atoms with E-state index in [1.54, 1.807) is 0 Å². The second-order valence-electron chi connectivity index (χ2n) is 6.70. The number of nitrogens with zero attached hydrogens (tertiary/aromatic N) is 7. The van der Waals surface area contributed by atoms with Gasteiger partial charge in [-0.2, -0.15) is 9.97 Å². The molecular formula is C19H24N8S. The molecule has 1 fully saturated rings. The lowest BCUT2D eigenvalue weighted by Gasteiger charge is -2.32. The normalized spacial score (nSPS) is 15.2. The second kappa shape index (κ2) is 8.24. The molecule has 0 amide bonds. The highest BCUT2D eigenvalue weighted by Crippen LogP contribution is 2.28. The maximum absolute atomic E-state index is 4.71. The van der Waals surface area contributed by atoms with Crippen molar-refractivity contribution in [2.45, 2.75) is 23.7 Å². The predicted molar refractivity (Wildman–Crippen MR) is 112 cm³/mol. The Morgan fingerprint density at radius 1 is 0.964 bits per heavy atom. The minimum Gasteiger partial charge on any atom is -0.372 e. The highest BCUT2D eigenvalue weighted by atomic mass is 32.2. The number of benzene rings is 1. The number of rotatable bonds is 5. The van der Waals surface area contributed by atoms with Crippen molar-refractivity contribution in [3.63, 3.8) is 0 Å². The summed E-state index contributed by atoms with van der Waals surface area (Å²) in [5.41, 5.74) is 0.897. The van der Waals surface area contributed by atoms with Gasteiger partial charge in [-0.1, -0.05) is 19.1 Å². The Balaban J connectivity index is 1.66. The van der Waals surface area contributed by atoms with Crippen molar-refractivity contribution < 1.29 is 0 Å². The molecule has 0 atom stereocenters. The van der Waals surface area contributed by atoms with Gasteiger partial charge in [0.05, 0.1) is 5.52 Å². The average molecular weight is 397 g/mol. The third-order valence-electron chi connectivity index (χ3n) is 4.75. The molecule has 1 aliphatic rings. The molecule has 28 heavy (non-hydrogen) atoms. The van der Waals surface area contributed by atoms with Crippen molar-refractivity contribution in [2.75, 3.05) is 50.5 Å². The second-order valence-corrected chi connectivity index (χ2v) is 7.64. The average Bonchev–Trinajstić information content (AvgIpc) is 2.73. The van der Waals surface area contributed by atoms with Crippen molar-refractivity contribution in [1.29, 1.82) is 0 Å². The quantitative estimate of drug-likeness (QED) is 0.653. The summed E-state index contributed by atoms with van der Waals surface area (Å²) in [5.74, 6) is 2.34. The van der Waals surface area contributed by atoms with Gasteiger partial charge in [0.25, 0.3) is 0 Å². The van der Waals surface area contributed by atoms with Crippen LogP contribution < -0.4 is 10.2 Å². The number of piperazine rings is 1. The number of nitrogens with one attached hydrogen (secondary N) is 1. The summed E-state index contributed by atoms with van der Waals surface area (Å²) in [6, 6.07) is 7.97. The maximum atomic E-state index is 4.71. The van der Waals surface area contributed by atoms with Crippen LogP contribution in [0.3, 0.4) is 0 Å². The van der Waals surface area contributed by atoms with Crippen molar-refractivity contribution in [3.05, 3.63) is 30.1 Å². The van der Waals surface area contributed by atoms with Crippen LogP contribution >= 0.6 is 11.8 Å². The number of hydrogen-bond donors (Lipinski definition) is 1. The van der Waals surface area contributed by atoms with Crippen LogP contribution in [0.1, 0.15) is 12.7 Å². The molecule has 0 radical (unpaired) electrons. The first kappa shape index (κ1) is 18.8. The number of likely N-dealkylation sites (N-methyl/N-ethyl adjacent to an activating group) is 1. The predicted octanol–water partition coefficient (Wildman–Crippen LogP) is 2.32. The highest BCUT2D eigenvalue weighted by molar-refractivity contribution is 7.99. The highest BCUT2D eigenvalue weighted by Gasteiger charge is 2.19. The standard InChI is InChI=1S/C19H24N8S/c1-4-15-22-17(27-11-9-26(3)10-12-27)25-19(23-15)28-18-21-14-8-6-5-7-13(14)16(20-2)24-18/h5-8H,4,9-12H2,1-3H3,(H,20,21,24). The van der Waals surface area contributed by atoms with Gasteiger partial charge in [-0.05, 0) is 30.9 Å². The van der Waals surface area contributed by atoms with Gasteiger partial charge in [0.1, 0.15) is 11.6 Å². The molecule has 0 spiro atoms. The summed E-state index contributed by atoms with van der Waals surface area (Å²) in [5, 5.41) is 5.42. The van der Waals surface area contributed by atoms with E-state index >= 15 is 0 Å². The van der Waals surface area contributed by atoms with Gasteiger partial charge in [-0.3, -0.25) is 0 Å². The number of aromatic nitrogens is 5. The molecule has 0 bridgehead atoms. The van der Waals surface area contributed by atoms with E-state index in [1.165, 1.54) is 11.8 Å². The van der Waals surface area contributed by atoms with Gasteiger partial charge < -0.3 is 15.1 Å². The fraction of sp³-hybridized carbons (Fsp3) is 0.421. The van der Waals surface area contributed by atoms with Crippen LogP contribution in [0.15, 0.2) is 34.6 Å². The van der Waals surface area contributed by atoms with Gasteiger partial charge >= 0.3 is 0 Å². The molecule has 3 heterocycles. The Labute approximate surface area is 168 Å². The molecule has 1 aliphatic heterocycles. The van der Waals surface area contributed by atoms with Crippen molar-refractivity contribution in [1.82, 2.24) is 29.8 Å². The van der Waals surface area contributed by atoms with Crippen LogP contribution in [0.25, 0.3) is 10.9 Å². The summed E-state index contributed by atoms with van der Waals surface area (Å²) in [7, 11) is 4.01. The fourth-order valence-electron chi connectivity index (χ4n) is 3.11. The van der Waals surface area contributed by atoms with Gasteiger partial charge in [-0.25, -0.2) is 15.0 Å². The zero-order valence-electron chi connectivity index (χ0n) is 16.4. The number of fused-ring (bicyclic) bond motifs is 1. The van der Waals surface area contributed by atoms with Gasteiger partial charge in [-0.15, -0.1) is 0 Å². The monoisotopic (exact) mass is 396 g/mol. The summed E-state index contributed by atoms with van der Waals surface area (Å²) < 4.78 is 0. The van der Waals surface area contributed by atoms with Gasteiger partial charge in [0.15, 0.2) is 5.16 Å². The van der Waals surface area contributed by atoms with E-state index in [9.17, 15) is 0 Å². The third kappa shape index (κ3) is 4.00. The minimum absolute atomic E-state index is 0.626. The lowest BCUT2D eigenvalue weighted by atomic mass is 10.2. The van der Waals surface area contributed by atoms with Crippen LogP contribution in [0.5, 0.6) is 0 Å². The molecule has 0 saturated carbocycles. The van der Waals surface area contributed by atoms with E-state index in [0.29, 0.717) is 10.3 Å². The number of anilines is 2. The number of aryl methyl sites for hydroxylation is 1. The van der Waals surface area contributed by atoms with E-state index < -0.39 is 0 Å². The Hall–Kier alpha value is -2.52. The third-order valence-corrected chi connectivity index (χ3v) is 5.48. The molecule has 2 aromatic heterocycles. The van der Waals surface area contributed by atoms with Crippen molar-refractivity contribution in [2.24, 2.45) is 0 Å². The van der Waals surface area contributed by atoms with Crippen LogP contribution in [-0.2, 0) is 6.42 Å². The fourth-order valence-corrected chi connectivity index (χ4v) is 3.83. The summed E-state index contributed by atoms with van der Waals surface area (Å²) >= 11 is 1.38. The summed E-state index contributed by atoms with van der Waals surface area (Å²) in [6.45, 7) is 5.92. The molecule has 9 heteroatoms. The largest absolute Gasteiger partial charge is 0.372 e. The van der Waals surface area contributed by atoms with Crippen LogP contribution in [-0.4, -0.2) is 70.1 Å². The van der Waals surface area contributed by atoms with E-state index in [0.717, 1.165) is 61.1 Å². The summed E-state index contributed by atoms with van der Waals surface area (Å²) in [4.78, 5) is 27.8. The molecule has 4 rings (SSSR count). The molecule has 0 unspecified atom stereocenters. The van der Waals surface area contributed by atoms with E-state index in [4.69, 9.17) is 4.98 Å². The Bertz CT molecular complexity index is 971. The Kier molecular flexibility index (Phi) is 5.54. The number of para-hydroxylation sites is 1. The minimum atomic E-state index is 0.626. The Morgan fingerprint density at radius 2 is 1.71 bits per heavy atom. The Morgan fingerprint density at radius 3 is 2.46 bits per heavy atom. The van der Waals surface area contributed by atoms with Crippen molar-refractivity contribution in [3.8, 4) is 0 Å². The summed E-state index contributed by atoms with van der Waals surface area (Å²) in [6.07, 6.45) is 0.761. The number of hydrogen-bond acceptors (Lipinski definition) is 9. The SMILES string of the molecule is CCc1nc(Sc2nc(NC)c3ccccc3n2)nc(N2CCN(C)CC2)n1. The van der Waals surface area contributed by atoms with E-state index in [2.05, 4.69) is 49.0 Å². The first-order valence-electron chi connectivity index (χ1n) is 9.47. The van der Waals surface area contributed by atoms with Crippen LogP contribution in [0, 0.1) is 0 Å². The zero-order valence-corrected chi connectivity index (χ0v) is 17.2. The molecule has 8 nitrogen and oxygen atoms in total. The molecular weight excluding hydrogens is 372 g/mol. The van der Waals surface area contributed by atoms with E-state index in [1.807, 2.05) is 31.3 Å². The van der Waals surface area contributed by atoms with Crippen molar-refractivity contribution >= 4 is 34.4 Å². The van der Waals surface area contributed by atoms with Crippen LogP contribution in [0.4, 0.5) is 11.8 Å². The molecule has 1 aromatic carbocycles. The van der Waals surface area contributed by atoms with Crippen LogP contribution in [0.2, 0.25) is 0 Å². The molecule has 1 N–H and O–H groups in total. The zero-order chi connectivity index (χ0) is 19.5. The lowest BCUT2D eigenvalue weighted by Crippen LogP contribution is -2.45. The maximum Gasteiger partial charge on any atom is 0.229 e. The van der Waals surface area contributed by atoms with Gasteiger partial charge in [0.2, 0.25) is 11.1 Å². The smallest absolute Gasteiger partial charge is 0.229 e. The first-order chi connectivity index (χ1) is 13.7. The lowest BCUT2D eigenvalue weighted by molar-refractivity contribution is 0.310. The van der Waals surface area contributed by atoms with Gasteiger partial charge in [0, 0.05) is 45.0 Å². The first-order valence-corrected chi connectivity index (χ1v) is 10.3. The molecule has 0 aliphatic carbocycles. The molecule has 1 saturated heterocycles. The molecule has 3 aromatic rings. The topological polar surface area (TPSA) is 83.0 Å². The molecule has 146 valence electrons.